The SMILES string of the molecule is C#CCCCCNC(C)C=C. The van der Waals surface area contributed by atoms with Crippen molar-refractivity contribution in [2.75, 3.05) is 6.54 Å². The third kappa shape index (κ3) is 7.15. The molecular formula is C10H17N. The number of hydrogen-bond donors (Lipinski definition) is 1. The molecule has 0 spiro atoms. The summed E-state index contributed by atoms with van der Waals surface area (Å²) in [5.41, 5.74) is 0. The fourth-order valence-electron chi connectivity index (χ4n) is 0.765. The highest BCUT2D eigenvalue weighted by Crippen LogP contribution is 1.92. The summed E-state index contributed by atoms with van der Waals surface area (Å²) in [6, 6.07) is 0.417. The van der Waals surface area contributed by atoms with Gasteiger partial charge in [-0.25, -0.2) is 0 Å². The Balaban J connectivity index is 3.02. The summed E-state index contributed by atoms with van der Waals surface area (Å²) in [7, 11) is 0. The van der Waals surface area contributed by atoms with Gasteiger partial charge in [0, 0.05) is 12.5 Å². The van der Waals surface area contributed by atoms with Crippen molar-refractivity contribution in [3.63, 3.8) is 0 Å². The number of nitrogens with one attached hydrogen (secondary N) is 1. The van der Waals surface area contributed by atoms with E-state index in [-0.39, 0.29) is 0 Å². The molecule has 1 nitrogen and oxygen atoms in total. The van der Waals surface area contributed by atoms with Gasteiger partial charge in [0.25, 0.3) is 0 Å². The molecule has 0 radical (unpaired) electrons. The molecule has 0 heterocycles. The van der Waals surface area contributed by atoms with Crippen LogP contribution in [-0.2, 0) is 0 Å². The normalized spacial score (nSPS) is 12.0. The van der Waals surface area contributed by atoms with Crippen LogP contribution in [0.15, 0.2) is 12.7 Å². The van der Waals surface area contributed by atoms with Gasteiger partial charge in [-0.1, -0.05) is 6.08 Å². The zero-order valence-corrected chi connectivity index (χ0v) is 7.27. The van der Waals surface area contributed by atoms with Crippen LogP contribution in [-0.4, -0.2) is 12.6 Å². The van der Waals surface area contributed by atoms with Gasteiger partial charge in [0.1, 0.15) is 0 Å². The quantitative estimate of drug-likeness (QED) is 0.347. The Morgan fingerprint density at radius 3 is 2.91 bits per heavy atom. The van der Waals surface area contributed by atoms with Crippen molar-refractivity contribution < 1.29 is 0 Å². The lowest BCUT2D eigenvalue weighted by Crippen LogP contribution is -2.24. The van der Waals surface area contributed by atoms with Crippen molar-refractivity contribution >= 4 is 0 Å². The Morgan fingerprint density at radius 1 is 1.64 bits per heavy atom. The van der Waals surface area contributed by atoms with E-state index >= 15 is 0 Å². The molecule has 0 aromatic heterocycles. The molecule has 1 N–H and O–H groups in total. The van der Waals surface area contributed by atoms with E-state index < -0.39 is 0 Å². The van der Waals surface area contributed by atoms with Crippen molar-refractivity contribution in [2.45, 2.75) is 32.2 Å². The molecule has 0 fully saturated rings. The fourth-order valence-corrected chi connectivity index (χ4v) is 0.765. The van der Waals surface area contributed by atoms with Crippen LogP contribution in [0.2, 0.25) is 0 Å². The Morgan fingerprint density at radius 2 is 2.36 bits per heavy atom. The molecule has 0 aromatic rings. The van der Waals surface area contributed by atoms with E-state index in [4.69, 9.17) is 6.42 Å². The lowest BCUT2D eigenvalue weighted by atomic mass is 10.2. The molecule has 0 bridgehead atoms. The molecule has 0 rings (SSSR count). The second kappa shape index (κ2) is 7.37. The molecule has 1 heteroatoms. The average molecular weight is 151 g/mol. The predicted octanol–water partition coefficient (Wildman–Crippen LogP) is 1.95. The predicted molar refractivity (Wildman–Crippen MR) is 50.3 cm³/mol. The summed E-state index contributed by atoms with van der Waals surface area (Å²) in [6.45, 7) is 6.81. The van der Waals surface area contributed by atoms with Crippen LogP contribution in [0.5, 0.6) is 0 Å². The lowest BCUT2D eigenvalue weighted by molar-refractivity contribution is 0.593. The summed E-state index contributed by atoms with van der Waals surface area (Å²) < 4.78 is 0. The largest absolute Gasteiger partial charge is 0.311 e. The minimum atomic E-state index is 0.417. The van der Waals surface area contributed by atoms with E-state index in [0.29, 0.717) is 6.04 Å². The number of terminal acetylenes is 1. The number of unbranched alkanes of at least 4 members (excludes halogenated alkanes) is 2. The Kier molecular flexibility index (Phi) is 6.87. The van der Waals surface area contributed by atoms with Gasteiger partial charge in [-0.2, -0.15) is 0 Å². The Hall–Kier alpha value is -0.740. The van der Waals surface area contributed by atoms with Crippen molar-refractivity contribution in [3.05, 3.63) is 12.7 Å². The molecule has 11 heavy (non-hydrogen) atoms. The van der Waals surface area contributed by atoms with Gasteiger partial charge in [-0.15, -0.1) is 18.9 Å². The van der Waals surface area contributed by atoms with Crippen molar-refractivity contribution in [1.29, 1.82) is 0 Å². The van der Waals surface area contributed by atoms with E-state index in [1.807, 2.05) is 6.08 Å². The van der Waals surface area contributed by atoms with Gasteiger partial charge in [-0.05, 0) is 26.3 Å². The highest BCUT2D eigenvalue weighted by Gasteiger charge is 1.92. The van der Waals surface area contributed by atoms with E-state index in [9.17, 15) is 0 Å². The van der Waals surface area contributed by atoms with Crippen LogP contribution in [0.3, 0.4) is 0 Å². The lowest BCUT2D eigenvalue weighted by Gasteiger charge is -2.07. The Bertz CT molecular complexity index is 132. The summed E-state index contributed by atoms with van der Waals surface area (Å²) in [5, 5.41) is 3.30. The number of rotatable bonds is 6. The second-order valence-electron chi connectivity index (χ2n) is 2.64. The average Bonchev–Trinajstić information content (AvgIpc) is 2.04. The molecule has 0 aromatic carbocycles. The summed E-state index contributed by atoms with van der Waals surface area (Å²) in [4.78, 5) is 0. The first-order valence-corrected chi connectivity index (χ1v) is 4.10. The van der Waals surface area contributed by atoms with Crippen LogP contribution in [0.1, 0.15) is 26.2 Å². The summed E-state index contributed by atoms with van der Waals surface area (Å²) in [5.74, 6) is 2.62. The molecule has 0 saturated carbocycles. The maximum Gasteiger partial charge on any atom is 0.0219 e. The van der Waals surface area contributed by atoms with Gasteiger partial charge in [-0.3, -0.25) is 0 Å². The first-order chi connectivity index (χ1) is 5.31. The minimum absolute atomic E-state index is 0.417. The van der Waals surface area contributed by atoms with Crippen LogP contribution in [0.4, 0.5) is 0 Å². The maximum atomic E-state index is 5.11. The van der Waals surface area contributed by atoms with E-state index in [0.717, 1.165) is 25.8 Å². The van der Waals surface area contributed by atoms with Crippen molar-refractivity contribution in [2.24, 2.45) is 0 Å². The molecule has 0 aliphatic heterocycles. The van der Waals surface area contributed by atoms with E-state index in [2.05, 4.69) is 24.7 Å². The van der Waals surface area contributed by atoms with E-state index in [1.165, 1.54) is 0 Å². The van der Waals surface area contributed by atoms with Crippen LogP contribution >= 0.6 is 0 Å². The summed E-state index contributed by atoms with van der Waals surface area (Å²) in [6.07, 6.45) is 10.2. The van der Waals surface area contributed by atoms with E-state index in [1.54, 1.807) is 0 Å². The zero-order chi connectivity index (χ0) is 8.53. The summed E-state index contributed by atoms with van der Waals surface area (Å²) >= 11 is 0. The third-order valence-electron chi connectivity index (χ3n) is 1.57. The molecule has 1 atom stereocenters. The molecule has 1 unspecified atom stereocenters. The molecule has 0 amide bonds. The topological polar surface area (TPSA) is 12.0 Å². The monoisotopic (exact) mass is 151 g/mol. The molecule has 0 aliphatic carbocycles. The number of hydrogen-bond acceptors (Lipinski definition) is 1. The van der Waals surface area contributed by atoms with Gasteiger partial charge < -0.3 is 5.32 Å². The highest BCUT2D eigenvalue weighted by atomic mass is 14.9. The second-order valence-corrected chi connectivity index (χ2v) is 2.64. The van der Waals surface area contributed by atoms with Crippen molar-refractivity contribution in [3.8, 4) is 12.3 Å². The van der Waals surface area contributed by atoms with Crippen LogP contribution < -0.4 is 5.32 Å². The first-order valence-electron chi connectivity index (χ1n) is 4.10. The zero-order valence-electron chi connectivity index (χ0n) is 7.27. The Labute approximate surface area is 69.9 Å². The van der Waals surface area contributed by atoms with Crippen LogP contribution in [0.25, 0.3) is 0 Å². The van der Waals surface area contributed by atoms with Gasteiger partial charge >= 0.3 is 0 Å². The molecular weight excluding hydrogens is 134 g/mol. The molecule has 0 saturated heterocycles. The first kappa shape index (κ1) is 10.3. The standard InChI is InChI=1S/C10H17N/c1-4-6-7-8-9-11-10(3)5-2/h1,5,10-11H,2,6-9H2,3H3. The molecule has 0 aliphatic rings. The minimum Gasteiger partial charge on any atom is -0.311 e. The van der Waals surface area contributed by atoms with Crippen molar-refractivity contribution in [1.82, 2.24) is 5.32 Å². The molecule has 62 valence electrons. The fraction of sp³-hybridized carbons (Fsp3) is 0.600. The smallest absolute Gasteiger partial charge is 0.0219 e. The van der Waals surface area contributed by atoms with Gasteiger partial charge in [0.05, 0.1) is 0 Å². The van der Waals surface area contributed by atoms with Gasteiger partial charge in [0.2, 0.25) is 0 Å². The third-order valence-corrected chi connectivity index (χ3v) is 1.57. The van der Waals surface area contributed by atoms with Gasteiger partial charge in [0.15, 0.2) is 0 Å². The maximum absolute atomic E-state index is 5.11. The van der Waals surface area contributed by atoms with Crippen LogP contribution in [0, 0.1) is 12.3 Å². The highest BCUT2D eigenvalue weighted by molar-refractivity contribution is 4.84.